The van der Waals surface area contributed by atoms with E-state index in [1.54, 1.807) is 7.11 Å². The van der Waals surface area contributed by atoms with E-state index in [4.69, 9.17) is 42.6 Å². The Labute approximate surface area is 249 Å². The monoisotopic (exact) mass is 598 g/mol. The minimum Gasteiger partial charge on any atom is -0.506 e. The van der Waals surface area contributed by atoms with Gasteiger partial charge < -0.3 is 47.7 Å². The Kier molecular flexibility index (Phi) is 6.51. The first kappa shape index (κ1) is 28.0. The number of carbonyl (C=O) groups excluding carboxylic acids is 1. The van der Waals surface area contributed by atoms with Crippen molar-refractivity contribution in [3.63, 3.8) is 0 Å². The minimum absolute atomic E-state index is 0.113. The summed E-state index contributed by atoms with van der Waals surface area (Å²) in [6, 6.07) is 1.96. The molecule has 0 radical (unpaired) electrons. The Balaban J connectivity index is 1.30. The first-order valence-electron chi connectivity index (χ1n) is 15.5. The second-order valence-corrected chi connectivity index (χ2v) is 12.2. The molecule has 2 bridgehead atoms. The molecular formula is C32H38O11. The third-order valence-electron chi connectivity index (χ3n) is 9.81. The molecule has 4 saturated heterocycles. The van der Waals surface area contributed by atoms with E-state index in [9.17, 15) is 9.90 Å². The summed E-state index contributed by atoms with van der Waals surface area (Å²) in [5, 5.41) is 12.8. The van der Waals surface area contributed by atoms with Gasteiger partial charge >= 0.3 is 0 Å². The van der Waals surface area contributed by atoms with Gasteiger partial charge in [0, 0.05) is 29.5 Å². The molecular weight excluding hydrogens is 560 g/mol. The molecule has 6 aliphatic rings. The highest BCUT2D eigenvalue weighted by molar-refractivity contribution is 6.11. The van der Waals surface area contributed by atoms with Crippen molar-refractivity contribution in [2.75, 3.05) is 46.8 Å². The lowest BCUT2D eigenvalue weighted by Crippen LogP contribution is -2.70. The topological polar surface area (TPSA) is 124 Å². The third-order valence-corrected chi connectivity index (χ3v) is 9.81. The molecule has 1 N–H and O–H groups in total. The Morgan fingerprint density at radius 1 is 1.09 bits per heavy atom. The highest BCUT2D eigenvalue weighted by Crippen LogP contribution is 2.72. The van der Waals surface area contributed by atoms with E-state index < -0.39 is 35.7 Å². The molecule has 1 spiro atoms. The fraction of sp³-hybridized carbons (Fsp3) is 0.656. The van der Waals surface area contributed by atoms with Crippen LogP contribution < -0.4 is 9.47 Å². The van der Waals surface area contributed by atoms with Gasteiger partial charge in [0.2, 0.25) is 11.9 Å². The van der Waals surface area contributed by atoms with Crippen LogP contribution in [0.15, 0.2) is 6.07 Å². The number of phenolic OH excluding ortho intramolecular Hbond substituents is 1. The van der Waals surface area contributed by atoms with E-state index in [1.807, 2.05) is 13.0 Å². The lowest BCUT2D eigenvalue weighted by molar-refractivity contribution is -0.367. The highest BCUT2D eigenvalue weighted by Gasteiger charge is 2.93. The van der Waals surface area contributed by atoms with Crippen LogP contribution in [-0.4, -0.2) is 87.2 Å². The molecule has 11 nitrogen and oxygen atoms in total. The van der Waals surface area contributed by atoms with Crippen molar-refractivity contribution in [1.29, 1.82) is 0 Å². The molecule has 5 heterocycles. The zero-order valence-electron chi connectivity index (χ0n) is 24.8. The van der Waals surface area contributed by atoms with Gasteiger partial charge in [-0.2, -0.15) is 0 Å². The van der Waals surface area contributed by atoms with E-state index in [2.05, 4.69) is 6.92 Å². The normalized spacial score (nSPS) is 34.0. The zero-order chi connectivity index (χ0) is 29.6. The Hall–Kier alpha value is -2.51. The fourth-order valence-corrected chi connectivity index (χ4v) is 7.83. The first-order chi connectivity index (χ1) is 20.9. The quantitative estimate of drug-likeness (QED) is 0.333. The second-order valence-electron chi connectivity index (χ2n) is 12.2. The Bertz CT molecular complexity index is 1480. The van der Waals surface area contributed by atoms with Gasteiger partial charge in [-0.25, -0.2) is 0 Å². The molecule has 2 aromatic carbocycles. The molecule has 5 aliphatic heterocycles. The van der Waals surface area contributed by atoms with Gasteiger partial charge in [-0.15, -0.1) is 0 Å². The van der Waals surface area contributed by atoms with Crippen LogP contribution >= 0.6 is 0 Å². The average molecular weight is 599 g/mol. The van der Waals surface area contributed by atoms with Gasteiger partial charge in [0.15, 0.2) is 11.9 Å². The largest absolute Gasteiger partial charge is 0.506 e. The summed E-state index contributed by atoms with van der Waals surface area (Å²) in [5.74, 6) is -2.16. The SMILES string of the molecule is CCCCOCCO[C@]12Oc3c(c(C)cc4c(OC)c5c(c(O)c34)C(=O)CCC5)C3O[C@](C4OCCCO4)(OC31)C21CO1. The molecule has 43 heavy (non-hydrogen) atoms. The summed E-state index contributed by atoms with van der Waals surface area (Å²) in [6.45, 7) is 6.51. The number of aryl methyl sites for hydroxylation is 1. The number of unbranched alkanes of at least 4 members (excludes halogenated alkanes) is 1. The van der Waals surface area contributed by atoms with Gasteiger partial charge in [-0.1, -0.05) is 13.3 Å². The van der Waals surface area contributed by atoms with Crippen LogP contribution in [0.5, 0.6) is 17.2 Å². The number of ketones is 1. The molecule has 0 amide bonds. The zero-order valence-corrected chi connectivity index (χ0v) is 24.8. The number of hydrogen-bond acceptors (Lipinski definition) is 11. The Morgan fingerprint density at radius 3 is 2.65 bits per heavy atom. The summed E-state index contributed by atoms with van der Waals surface area (Å²) in [4.78, 5) is 13.2. The maximum absolute atomic E-state index is 13.2. The number of rotatable bonds is 9. The standard InChI is InChI=1S/C32H38O11/c1-4-5-10-36-13-14-39-31-28-27(42-32(43-28,30(31)16-40-30)29-37-11-7-12-38-29)21-17(2)15-19-23(26(21)41-31)24(34)22-18(25(19)35-3)8-6-9-20(22)33/h15,27-29,34H,4-14,16H2,1-3H3/t27?,28?,30?,31-,32+/m0/s1. The molecule has 232 valence electrons. The van der Waals surface area contributed by atoms with Crippen molar-refractivity contribution in [2.24, 2.45) is 0 Å². The van der Waals surface area contributed by atoms with Crippen molar-refractivity contribution in [3.05, 3.63) is 28.3 Å². The van der Waals surface area contributed by atoms with Crippen molar-refractivity contribution in [2.45, 2.75) is 88.0 Å². The Morgan fingerprint density at radius 2 is 1.91 bits per heavy atom. The number of ether oxygens (including phenoxy) is 9. The number of Topliss-reactive ketones (excluding diaryl/α,β-unsaturated/α-hetero) is 1. The number of aromatic hydroxyl groups is 1. The summed E-state index contributed by atoms with van der Waals surface area (Å²) < 4.78 is 57.4. The van der Waals surface area contributed by atoms with Crippen LogP contribution in [0.2, 0.25) is 0 Å². The van der Waals surface area contributed by atoms with E-state index in [1.165, 1.54) is 0 Å². The third kappa shape index (κ3) is 3.58. The molecule has 0 aromatic heterocycles. The van der Waals surface area contributed by atoms with Gasteiger partial charge in [0.05, 0.1) is 51.1 Å². The number of phenols is 1. The maximum atomic E-state index is 13.2. The predicted molar refractivity (Wildman–Crippen MR) is 150 cm³/mol. The number of epoxide rings is 1. The van der Waals surface area contributed by atoms with Crippen LogP contribution in [-0.2, 0) is 39.6 Å². The van der Waals surface area contributed by atoms with Crippen LogP contribution in [0, 0.1) is 6.92 Å². The van der Waals surface area contributed by atoms with Crippen LogP contribution in [0.25, 0.3) is 10.8 Å². The molecule has 8 rings (SSSR count). The number of fused-ring (bicyclic) bond motifs is 8. The molecule has 0 saturated carbocycles. The molecule has 5 atom stereocenters. The second kappa shape index (κ2) is 10.00. The van der Waals surface area contributed by atoms with Crippen molar-refractivity contribution < 1.29 is 52.5 Å². The van der Waals surface area contributed by atoms with Gasteiger partial charge in [0.25, 0.3) is 11.6 Å². The number of carbonyl (C=O) groups is 1. The van der Waals surface area contributed by atoms with Crippen molar-refractivity contribution >= 4 is 16.6 Å². The maximum Gasteiger partial charge on any atom is 0.277 e. The van der Waals surface area contributed by atoms with Crippen molar-refractivity contribution in [3.8, 4) is 17.2 Å². The van der Waals surface area contributed by atoms with E-state index in [0.29, 0.717) is 79.1 Å². The van der Waals surface area contributed by atoms with Crippen LogP contribution in [0.4, 0.5) is 0 Å². The average Bonchev–Trinajstić information content (AvgIpc) is 3.67. The van der Waals surface area contributed by atoms with E-state index in [0.717, 1.165) is 30.4 Å². The van der Waals surface area contributed by atoms with Gasteiger partial charge in [0.1, 0.15) is 23.4 Å². The van der Waals surface area contributed by atoms with Crippen molar-refractivity contribution in [1.82, 2.24) is 0 Å². The highest BCUT2D eigenvalue weighted by atomic mass is 16.9. The summed E-state index contributed by atoms with van der Waals surface area (Å²) >= 11 is 0. The summed E-state index contributed by atoms with van der Waals surface area (Å²) in [7, 11) is 1.59. The fourth-order valence-electron chi connectivity index (χ4n) is 7.83. The lowest BCUT2D eigenvalue weighted by atomic mass is 9.78. The van der Waals surface area contributed by atoms with Gasteiger partial charge in [-0.05, 0) is 44.2 Å². The van der Waals surface area contributed by atoms with E-state index >= 15 is 0 Å². The summed E-state index contributed by atoms with van der Waals surface area (Å²) in [5.41, 5.74) is 1.41. The predicted octanol–water partition coefficient (Wildman–Crippen LogP) is 4.00. The van der Waals surface area contributed by atoms with Crippen LogP contribution in [0.1, 0.15) is 72.2 Å². The first-order valence-corrected chi connectivity index (χ1v) is 15.5. The molecule has 4 fully saturated rings. The minimum atomic E-state index is -1.46. The molecule has 1 aliphatic carbocycles. The number of methoxy groups -OCH3 is 1. The number of hydrogen-bond donors (Lipinski definition) is 1. The van der Waals surface area contributed by atoms with Gasteiger partial charge in [-0.3, -0.25) is 4.79 Å². The summed E-state index contributed by atoms with van der Waals surface area (Å²) in [6.07, 6.45) is 2.25. The molecule has 3 unspecified atom stereocenters. The van der Waals surface area contributed by atoms with Crippen LogP contribution in [0.3, 0.4) is 0 Å². The molecule has 2 aromatic rings. The smallest absolute Gasteiger partial charge is 0.277 e. The number of benzene rings is 2. The van der Waals surface area contributed by atoms with E-state index in [-0.39, 0.29) is 24.7 Å². The molecule has 11 heteroatoms. The lowest BCUT2D eigenvalue weighted by Gasteiger charge is -2.50.